The van der Waals surface area contributed by atoms with Crippen LogP contribution in [0.1, 0.15) is 54.9 Å². The van der Waals surface area contributed by atoms with E-state index in [0.29, 0.717) is 17.7 Å². The molecule has 3 aliphatic rings. The van der Waals surface area contributed by atoms with Gasteiger partial charge in [-0.05, 0) is 56.1 Å². The van der Waals surface area contributed by atoms with Gasteiger partial charge in [0.2, 0.25) is 17.3 Å². The fourth-order valence-corrected chi connectivity index (χ4v) is 6.85. The number of unbranched alkanes of at least 4 members (excludes halogenated alkanes) is 2. The summed E-state index contributed by atoms with van der Waals surface area (Å²) in [6.45, 7) is 2.00. The van der Waals surface area contributed by atoms with Gasteiger partial charge in [0.05, 0.1) is 22.8 Å². The topological polar surface area (TPSA) is 229 Å². The third kappa shape index (κ3) is 4.60. The van der Waals surface area contributed by atoms with Gasteiger partial charge in [-0.15, -0.1) is 4.91 Å². The number of phenols is 1. The number of carbonyl (C=O) groups is 4. The summed E-state index contributed by atoms with van der Waals surface area (Å²) < 4.78 is 0. The molecular weight excluding hydrogens is 560 g/mol. The first-order valence-electron chi connectivity index (χ1n) is 14.0. The molecule has 4 atom stereocenters. The van der Waals surface area contributed by atoms with Gasteiger partial charge >= 0.3 is 0 Å². The second-order valence-electron chi connectivity index (χ2n) is 11.9. The molecule has 0 heterocycles. The largest absolute Gasteiger partial charge is 0.508 e. The first-order valence-corrected chi connectivity index (χ1v) is 14.0. The number of carbonyl (C=O) groups excluding carboxylic acids is 4. The first kappa shape index (κ1) is 31.8. The van der Waals surface area contributed by atoms with E-state index in [2.05, 4.69) is 10.5 Å². The Kier molecular flexibility index (Phi) is 8.26. The molecule has 232 valence electrons. The molecule has 14 heteroatoms. The maximum atomic E-state index is 14.1. The first-order chi connectivity index (χ1) is 20.1. The second kappa shape index (κ2) is 11.2. The summed E-state index contributed by atoms with van der Waals surface area (Å²) in [5.74, 6) is -6.57. The molecule has 0 unspecified atom stereocenters. The number of fused-ring (bicyclic) bond motifs is 3. The van der Waals surface area contributed by atoms with Crippen molar-refractivity contribution in [3.05, 3.63) is 44.7 Å². The minimum absolute atomic E-state index is 0.0133. The molecule has 14 nitrogen and oxygen atoms in total. The highest BCUT2D eigenvalue weighted by Crippen LogP contribution is 2.55. The molecule has 8 N–H and O–H groups in total. The number of hydrogen-bond acceptors (Lipinski definition) is 12. The fraction of sp³-hybridized carbons (Fsp3) is 0.517. The van der Waals surface area contributed by atoms with Crippen molar-refractivity contribution in [3.8, 4) is 5.75 Å². The molecule has 2 amide bonds. The maximum Gasteiger partial charge on any atom is 0.254 e. The molecule has 1 aromatic rings. The van der Waals surface area contributed by atoms with Crippen molar-refractivity contribution in [2.45, 2.75) is 62.6 Å². The summed E-state index contributed by atoms with van der Waals surface area (Å²) in [7, 11) is 6.40. The number of primary amides is 1. The van der Waals surface area contributed by atoms with Crippen LogP contribution in [0.4, 0.5) is 11.4 Å². The van der Waals surface area contributed by atoms with Gasteiger partial charge < -0.3 is 37.0 Å². The Bertz CT molecular complexity index is 1500. The number of likely N-dealkylation sites (N-methyl/N-ethyl adjacent to an activating group) is 1. The number of nitrogens with one attached hydrogen (secondary N) is 1. The molecule has 0 radical (unpaired) electrons. The van der Waals surface area contributed by atoms with E-state index in [-0.39, 0.29) is 42.0 Å². The van der Waals surface area contributed by atoms with Gasteiger partial charge in [-0.25, -0.2) is 0 Å². The van der Waals surface area contributed by atoms with Gasteiger partial charge in [-0.2, -0.15) is 0 Å². The zero-order chi connectivity index (χ0) is 32.2. The van der Waals surface area contributed by atoms with Gasteiger partial charge in [0.25, 0.3) is 5.91 Å². The Morgan fingerprint density at radius 1 is 1.16 bits per heavy atom. The highest BCUT2D eigenvalue weighted by Gasteiger charge is 2.70. The van der Waals surface area contributed by atoms with Crippen LogP contribution in [-0.4, -0.2) is 89.0 Å². The molecule has 0 saturated heterocycles. The average Bonchev–Trinajstić information content (AvgIpc) is 2.91. The fourth-order valence-electron chi connectivity index (χ4n) is 6.85. The van der Waals surface area contributed by atoms with Crippen LogP contribution in [0.3, 0.4) is 0 Å². The molecule has 3 aliphatic carbocycles. The summed E-state index contributed by atoms with van der Waals surface area (Å²) in [4.78, 5) is 67.8. The van der Waals surface area contributed by atoms with Crippen molar-refractivity contribution >= 4 is 34.8 Å². The zero-order valence-corrected chi connectivity index (χ0v) is 24.9. The molecule has 43 heavy (non-hydrogen) atoms. The van der Waals surface area contributed by atoms with E-state index >= 15 is 0 Å². The second-order valence-corrected chi connectivity index (χ2v) is 11.9. The van der Waals surface area contributed by atoms with E-state index in [0.717, 1.165) is 12.8 Å². The van der Waals surface area contributed by atoms with E-state index in [1.54, 1.807) is 25.1 Å². The standard InChI is InChI=1S/C29H38N6O8/c1-6-7-8-9-17(36)32-15-11-16(34(2)3)14-10-13-12-28(31)24(35(4)5)21(33-43)20(27(30)41)26(40)29(28,42)25(39)18(13)23(38)19(14)22(15)37/h11,13,24,37,39,42H,6-10,12,31H2,1-5H3,(H2,30,41)(H,32,36)/t13-,24+,28+,29-/m0/s1. The van der Waals surface area contributed by atoms with E-state index < -0.39 is 63.4 Å². The molecule has 4 rings (SSSR count). The minimum Gasteiger partial charge on any atom is -0.508 e. The number of ketones is 2. The molecule has 0 aliphatic heterocycles. The van der Waals surface area contributed by atoms with E-state index in [1.807, 2.05) is 6.92 Å². The number of allylic oxidation sites excluding steroid dienone is 1. The SMILES string of the molecule is CCCCCC(=O)Nc1cc(N(C)C)c2c(c1O)C(=O)C1=C(O)[C@]3(O)C(=O)C(C(N)=O)=C(N=O)[C@@H](N(C)C)[C@]3(N)C[C@@H]1C2. The number of anilines is 2. The number of Topliss-reactive ketones (excluding diaryl/α,β-unsaturated/α-hetero) is 2. The van der Waals surface area contributed by atoms with Crippen molar-refractivity contribution < 1.29 is 34.5 Å². The van der Waals surface area contributed by atoms with Crippen LogP contribution in [0.2, 0.25) is 0 Å². The monoisotopic (exact) mass is 598 g/mol. The Balaban J connectivity index is 1.94. The third-order valence-corrected chi connectivity index (χ3v) is 8.75. The third-order valence-electron chi connectivity index (χ3n) is 8.75. The Hall–Kier alpha value is -4.14. The summed E-state index contributed by atoms with van der Waals surface area (Å²) in [6, 6.07) is 0.191. The van der Waals surface area contributed by atoms with Crippen LogP contribution in [0, 0.1) is 10.8 Å². The quantitative estimate of drug-likeness (QED) is 0.102. The molecular formula is C29H38N6O8. The van der Waals surface area contributed by atoms with Crippen LogP contribution in [0.5, 0.6) is 5.75 Å². The summed E-state index contributed by atoms with van der Waals surface area (Å²) in [5.41, 5.74) is 5.81. The Morgan fingerprint density at radius 3 is 2.35 bits per heavy atom. The molecule has 0 saturated carbocycles. The number of benzene rings is 1. The Morgan fingerprint density at radius 2 is 1.81 bits per heavy atom. The minimum atomic E-state index is -3.04. The van der Waals surface area contributed by atoms with E-state index in [9.17, 15) is 39.4 Å². The number of amides is 2. The lowest BCUT2D eigenvalue weighted by Crippen LogP contribution is -2.78. The number of aliphatic hydroxyl groups is 2. The summed E-state index contributed by atoms with van der Waals surface area (Å²) >= 11 is 0. The molecule has 0 spiro atoms. The van der Waals surface area contributed by atoms with Crippen LogP contribution >= 0.6 is 0 Å². The molecule has 0 fully saturated rings. The van der Waals surface area contributed by atoms with Gasteiger partial charge in [0.15, 0.2) is 11.5 Å². The number of nitrogens with zero attached hydrogens (tertiary/aromatic N) is 3. The predicted octanol–water partition coefficient (Wildman–Crippen LogP) is 0.995. The number of nitroso groups, excluding NO2 is 1. The van der Waals surface area contributed by atoms with Crippen molar-refractivity contribution in [2.24, 2.45) is 22.6 Å². The van der Waals surface area contributed by atoms with Crippen LogP contribution in [0.15, 0.2) is 33.8 Å². The average molecular weight is 599 g/mol. The van der Waals surface area contributed by atoms with E-state index in [4.69, 9.17) is 11.5 Å². The number of aromatic hydroxyl groups is 1. The Labute approximate surface area is 248 Å². The van der Waals surface area contributed by atoms with Gasteiger partial charge in [-0.1, -0.05) is 19.8 Å². The van der Waals surface area contributed by atoms with Crippen LogP contribution in [-0.2, 0) is 20.8 Å². The number of aliphatic hydroxyl groups excluding tert-OH is 1. The smallest absolute Gasteiger partial charge is 0.254 e. The lowest BCUT2D eigenvalue weighted by atomic mass is 9.54. The van der Waals surface area contributed by atoms with Crippen molar-refractivity contribution in [2.75, 3.05) is 38.4 Å². The van der Waals surface area contributed by atoms with Gasteiger partial charge in [-0.3, -0.25) is 24.1 Å². The number of hydrogen-bond donors (Lipinski definition) is 6. The lowest BCUT2D eigenvalue weighted by Gasteiger charge is -2.56. The summed E-state index contributed by atoms with van der Waals surface area (Å²) in [5, 5.41) is 40.4. The van der Waals surface area contributed by atoms with Crippen LogP contribution in [0.25, 0.3) is 0 Å². The van der Waals surface area contributed by atoms with Crippen molar-refractivity contribution in [1.29, 1.82) is 0 Å². The van der Waals surface area contributed by atoms with Gasteiger partial charge in [0, 0.05) is 31.8 Å². The molecule has 1 aromatic carbocycles. The van der Waals surface area contributed by atoms with Crippen molar-refractivity contribution in [3.63, 3.8) is 0 Å². The highest BCUT2D eigenvalue weighted by molar-refractivity contribution is 6.26. The normalized spacial score (nSPS) is 26.6. The van der Waals surface area contributed by atoms with Crippen molar-refractivity contribution in [1.82, 2.24) is 4.90 Å². The number of phenolic OH excluding ortho intramolecular Hbond substituents is 1. The number of rotatable bonds is 9. The number of nitrogens with two attached hydrogens (primary N) is 2. The highest BCUT2D eigenvalue weighted by atomic mass is 16.4. The summed E-state index contributed by atoms with van der Waals surface area (Å²) in [6.07, 6.45) is 2.34. The lowest BCUT2D eigenvalue weighted by molar-refractivity contribution is -0.150. The predicted molar refractivity (Wildman–Crippen MR) is 157 cm³/mol. The van der Waals surface area contributed by atoms with E-state index in [1.165, 1.54) is 19.0 Å². The molecule has 0 aromatic heterocycles. The van der Waals surface area contributed by atoms with Crippen LogP contribution < -0.4 is 21.7 Å². The maximum absolute atomic E-state index is 14.1. The van der Waals surface area contributed by atoms with Gasteiger partial charge in [0.1, 0.15) is 17.0 Å². The molecule has 0 bridgehead atoms. The zero-order valence-electron chi connectivity index (χ0n) is 24.9.